The minimum atomic E-state index is -0.485. The van der Waals surface area contributed by atoms with Gasteiger partial charge in [0.2, 0.25) is 0 Å². The fourth-order valence-electron chi connectivity index (χ4n) is 3.43. The molecule has 1 aromatic carbocycles. The summed E-state index contributed by atoms with van der Waals surface area (Å²) in [4.78, 5) is 27.7. The van der Waals surface area contributed by atoms with Gasteiger partial charge >= 0.3 is 12.2 Å². The molecule has 0 spiro atoms. The summed E-state index contributed by atoms with van der Waals surface area (Å²) in [5.74, 6) is 0. The number of methoxy groups -OCH3 is 1. The number of benzene rings is 1. The molecule has 3 rings (SSSR count). The number of piperazine rings is 1. The van der Waals surface area contributed by atoms with Crippen LogP contribution in [0.5, 0.6) is 0 Å². The standard InChI is InChI=1S/C18H25N3O4/c1-18(2,3)25-17(23)21-11-14-9-15(21)10-20(14)13-7-5-12(6-8-13)19-16(22)24-4/h5-8,14-15H,9-11H2,1-4H3,(H,19,22)/t14-,15-/m0/s1. The van der Waals surface area contributed by atoms with Crippen LogP contribution in [0.4, 0.5) is 21.0 Å². The molecule has 2 heterocycles. The highest BCUT2D eigenvalue weighted by molar-refractivity contribution is 5.84. The molecule has 1 aromatic rings. The van der Waals surface area contributed by atoms with E-state index in [-0.39, 0.29) is 12.1 Å². The minimum absolute atomic E-state index is 0.188. The second-order valence-corrected chi connectivity index (χ2v) is 7.49. The second-order valence-electron chi connectivity index (χ2n) is 7.49. The number of rotatable bonds is 2. The number of ether oxygens (including phenoxy) is 2. The molecule has 7 nitrogen and oxygen atoms in total. The maximum Gasteiger partial charge on any atom is 0.411 e. The molecule has 2 atom stereocenters. The lowest BCUT2D eigenvalue weighted by Gasteiger charge is -2.36. The smallest absolute Gasteiger partial charge is 0.411 e. The van der Waals surface area contributed by atoms with Gasteiger partial charge in [0.05, 0.1) is 13.2 Å². The Bertz CT molecular complexity index is 653. The fourth-order valence-corrected chi connectivity index (χ4v) is 3.43. The van der Waals surface area contributed by atoms with E-state index in [2.05, 4.69) is 15.0 Å². The van der Waals surface area contributed by atoms with E-state index in [1.54, 1.807) is 0 Å². The second kappa shape index (κ2) is 6.46. The number of carbonyl (C=O) groups is 2. The van der Waals surface area contributed by atoms with Crippen molar-refractivity contribution in [3.05, 3.63) is 24.3 Å². The number of nitrogens with one attached hydrogen (secondary N) is 1. The quantitative estimate of drug-likeness (QED) is 0.890. The molecule has 0 unspecified atom stereocenters. The predicted molar refractivity (Wildman–Crippen MR) is 94.9 cm³/mol. The molecule has 2 bridgehead atoms. The maximum absolute atomic E-state index is 12.3. The van der Waals surface area contributed by atoms with Crippen molar-refractivity contribution < 1.29 is 19.1 Å². The molecule has 2 saturated heterocycles. The number of carbonyl (C=O) groups excluding carboxylic acids is 2. The van der Waals surface area contributed by atoms with Crippen molar-refractivity contribution in [3.63, 3.8) is 0 Å². The Morgan fingerprint density at radius 1 is 1.12 bits per heavy atom. The van der Waals surface area contributed by atoms with Crippen LogP contribution in [0, 0.1) is 0 Å². The van der Waals surface area contributed by atoms with Crippen LogP contribution in [0.1, 0.15) is 27.2 Å². The lowest BCUT2D eigenvalue weighted by molar-refractivity contribution is 0.0214. The van der Waals surface area contributed by atoms with E-state index in [0.29, 0.717) is 18.3 Å². The summed E-state index contributed by atoms with van der Waals surface area (Å²) in [5.41, 5.74) is 1.31. The number of fused-ring (bicyclic) bond motifs is 2. The lowest BCUT2D eigenvalue weighted by Crippen LogP contribution is -2.50. The third-order valence-corrected chi connectivity index (χ3v) is 4.50. The number of hydrogen-bond donors (Lipinski definition) is 1. The summed E-state index contributed by atoms with van der Waals surface area (Å²) in [6.07, 6.45) is 0.250. The van der Waals surface area contributed by atoms with Gasteiger partial charge in [-0.3, -0.25) is 5.32 Å². The van der Waals surface area contributed by atoms with Crippen molar-refractivity contribution in [1.29, 1.82) is 0 Å². The van der Waals surface area contributed by atoms with Crippen molar-refractivity contribution in [3.8, 4) is 0 Å². The molecule has 0 saturated carbocycles. The minimum Gasteiger partial charge on any atom is -0.453 e. The van der Waals surface area contributed by atoms with Gasteiger partial charge in [0.1, 0.15) is 5.60 Å². The zero-order valence-corrected chi connectivity index (χ0v) is 15.1. The highest BCUT2D eigenvalue weighted by Gasteiger charge is 2.46. The molecule has 0 aromatic heterocycles. The average molecular weight is 347 g/mol. The van der Waals surface area contributed by atoms with E-state index in [1.807, 2.05) is 49.9 Å². The van der Waals surface area contributed by atoms with Crippen LogP contribution in [0.2, 0.25) is 0 Å². The van der Waals surface area contributed by atoms with Gasteiger partial charge in [-0.25, -0.2) is 9.59 Å². The number of anilines is 2. The zero-order chi connectivity index (χ0) is 18.2. The molecule has 0 radical (unpaired) electrons. The number of likely N-dealkylation sites (tertiary alicyclic amines) is 1. The van der Waals surface area contributed by atoms with Gasteiger partial charge in [0, 0.05) is 30.5 Å². The summed E-state index contributed by atoms with van der Waals surface area (Å²) in [6, 6.07) is 8.14. The first-order chi connectivity index (χ1) is 11.8. The topological polar surface area (TPSA) is 71.1 Å². The van der Waals surface area contributed by atoms with Crippen LogP contribution in [0.15, 0.2) is 24.3 Å². The van der Waals surface area contributed by atoms with Crippen LogP contribution in [0.3, 0.4) is 0 Å². The normalized spacial score (nSPS) is 22.1. The Balaban J connectivity index is 1.61. The molecule has 7 heteroatoms. The van der Waals surface area contributed by atoms with E-state index < -0.39 is 11.7 Å². The first-order valence-corrected chi connectivity index (χ1v) is 8.48. The van der Waals surface area contributed by atoms with Crippen LogP contribution in [0.25, 0.3) is 0 Å². The predicted octanol–water partition coefficient (Wildman–Crippen LogP) is 3.06. The molecule has 0 aliphatic carbocycles. The van der Waals surface area contributed by atoms with Crippen LogP contribution >= 0.6 is 0 Å². The van der Waals surface area contributed by atoms with Crippen LogP contribution in [-0.2, 0) is 9.47 Å². The average Bonchev–Trinajstić information content (AvgIpc) is 3.14. The lowest BCUT2D eigenvalue weighted by atomic mass is 10.2. The summed E-state index contributed by atoms with van der Waals surface area (Å²) < 4.78 is 10.1. The molecule has 25 heavy (non-hydrogen) atoms. The van der Waals surface area contributed by atoms with Crippen LogP contribution in [-0.4, -0.2) is 55.0 Å². The van der Waals surface area contributed by atoms with Gasteiger partial charge in [-0.2, -0.15) is 0 Å². The summed E-state index contributed by atoms with van der Waals surface area (Å²) in [5, 5.41) is 2.64. The van der Waals surface area contributed by atoms with Gasteiger partial charge in [0.25, 0.3) is 0 Å². The van der Waals surface area contributed by atoms with E-state index in [9.17, 15) is 9.59 Å². The molecule has 2 fully saturated rings. The Kier molecular flexibility index (Phi) is 4.49. The van der Waals surface area contributed by atoms with Crippen molar-refractivity contribution in [2.75, 3.05) is 30.4 Å². The summed E-state index contributed by atoms with van der Waals surface area (Å²) >= 11 is 0. The van der Waals surface area contributed by atoms with E-state index >= 15 is 0 Å². The zero-order valence-electron chi connectivity index (χ0n) is 15.1. The number of nitrogens with zero attached hydrogens (tertiary/aromatic N) is 2. The van der Waals surface area contributed by atoms with Crippen molar-refractivity contribution in [1.82, 2.24) is 4.90 Å². The van der Waals surface area contributed by atoms with E-state index in [0.717, 1.165) is 18.7 Å². The highest BCUT2D eigenvalue weighted by atomic mass is 16.6. The highest BCUT2D eigenvalue weighted by Crippen LogP contribution is 2.35. The van der Waals surface area contributed by atoms with Crippen LogP contribution < -0.4 is 10.2 Å². The maximum atomic E-state index is 12.3. The van der Waals surface area contributed by atoms with Gasteiger partial charge in [-0.1, -0.05) is 0 Å². The molecular formula is C18H25N3O4. The Morgan fingerprint density at radius 3 is 2.32 bits per heavy atom. The molecular weight excluding hydrogens is 322 g/mol. The molecule has 2 amide bonds. The van der Waals surface area contributed by atoms with Crippen molar-refractivity contribution in [2.45, 2.75) is 44.9 Å². The van der Waals surface area contributed by atoms with E-state index in [4.69, 9.17) is 4.74 Å². The Morgan fingerprint density at radius 2 is 1.80 bits per heavy atom. The number of hydrogen-bond acceptors (Lipinski definition) is 5. The van der Waals surface area contributed by atoms with Gasteiger partial charge in [-0.05, 0) is 51.5 Å². The van der Waals surface area contributed by atoms with Crippen molar-refractivity contribution >= 4 is 23.6 Å². The first-order valence-electron chi connectivity index (χ1n) is 8.48. The van der Waals surface area contributed by atoms with Gasteiger partial charge in [0.15, 0.2) is 0 Å². The fraction of sp³-hybridized carbons (Fsp3) is 0.556. The first kappa shape index (κ1) is 17.4. The monoisotopic (exact) mass is 347 g/mol. The third-order valence-electron chi connectivity index (χ3n) is 4.50. The molecule has 136 valence electrons. The SMILES string of the molecule is COC(=O)Nc1ccc(N2C[C@@H]3C[C@H]2CN3C(=O)OC(C)(C)C)cc1. The third kappa shape index (κ3) is 3.81. The number of amides is 2. The molecule has 2 aliphatic heterocycles. The molecule has 1 N–H and O–H groups in total. The Labute approximate surface area is 147 Å². The largest absolute Gasteiger partial charge is 0.453 e. The van der Waals surface area contributed by atoms with Gasteiger partial charge in [-0.15, -0.1) is 0 Å². The van der Waals surface area contributed by atoms with Gasteiger partial charge < -0.3 is 19.3 Å². The summed E-state index contributed by atoms with van der Waals surface area (Å²) in [6.45, 7) is 7.13. The summed E-state index contributed by atoms with van der Waals surface area (Å²) in [7, 11) is 1.33. The van der Waals surface area contributed by atoms with E-state index in [1.165, 1.54) is 7.11 Å². The molecule has 2 aliphatic rings. The van der Waals surface area contributed by atoms with Crippen molar-refractivity contribution in [2.24, 2.45) is 0 Å². The Hall–Kier alpha value is -2.44.